The fourth-order valence-corrected chi connectivity index (χ4v) is 4.10. The summed E-state index contributed by atoms with van der Waals surface area (Å²) in [6, 6.07) is 2.44. The van der Waals surface area contributed by atoms with Crippen LogP contribution in [0.2, 0.25) is 0 Å². The fourth-order valence-electron chi connectivity index (χ4n) is 2.42. The normalized spacial score (nSPS) is 24.5. The lowest BCUT2D eigenvalue weighted by atomic mass is 9.94. The Kier molecular flexibility index (Phi) is 4.10. The summed E-state index contributed by atoms with van der Waals surface area (Å²) in [5.74, 6) is -0.821. The second-order valence-corrected chi connectivity index (χ2v) is 7.00. The number of rotatable bonds is 3. The molecule has 1 saturated heterocycles. The number of aromatic nitrogens is 1. The fraction of sp³-hybridized carbons (Fsp3) is 0.538. The summed E-state index contributed by atoms with van der Waals surface area (Å²) in [7, 11) is -3.66. The minimum Gasteiger partial charge on any atom is -0.478 e. The molecule has 7 heteroatoms. The molecule has 0 radical (unpaired) electrons. The molecule has 2 atom stereocenters. The zero-order valence-electron chi connectivity index (χ0n) is 11.5. The van der Waals surface area contributed by atoms with Crippen molar-refractivity contribution < 1.29 is 18.3 Å². The molecule has 0 bridgehead atoms. The highest BCUT2D eigenvalue weighted by atomic mass is 32.2. The topological polar surface area (TPSA) is 87.6 Å². The molecule has 110 valence electrons. The minimum absolute atomic E-state index is 0.0241. The Morgan fingerprint density at radius 2 is 2.10 bits per heavy atom. The average Bonchev–Trinajstić information content (AvgIpc) is 2.41. The zero-order chi connectivity index (χ0) is 14.9. The van der Waals surface area contributed by atoms with E-state index in [0.717, 1.165) is 19.0 Å². The Balaban J connectivity index is 2.32. The number of carboxylic acid groups (broad SMARTS) is 1. The van der Waals surface area contributed by atoms with Crippen molar-refractivity contribution in [2.45, 2.75) is 37.8 Å². The van der Waals surface area contributed by atoms with Crippen LogP contribution in [0.1, 0.15) is 37.0 Å². The van der Waals surface area contributed by atoms with Gasteiger partial charge in [-0.1, -0.05) is 6.92 Å². The van der Waals surface area contributed by atoms with Gasteiger partial charge in [-0.05, 0) is 37.8 Å². The van der Waals surface area contributed by atoms with Gasteiger partial charge in [-0.2, -0.15) is 4.31 Å². The van der Waals surface area contributed by atoms with E-state index in [4.69, 9.17) is 5.11 Å². The summed E-state index contributed by atoms with van der Waals surface area (Å²) in [4.78, 5) is 14.6. The van der Waals surface area contributed by atoms with Crippen LogP contribution in [-0.4, -0.2) is 41.4 Å². The largest absolute Gasteiger partial charge is 0.478 e. The summed E-state index contributed by atoms with van der Waals surface area (Å²) in [6.45, 7) is 4.41. The van der Waals surface area contributed by atoms with Gasteiger partial charge in [0.1, 0.15) is 0 Å². The molecule has 0 spiro atoms. The Labute approximate surface area is 118 Å². The third-order valence-electron chi connectivity index (χ3n) is 3.87. The van der Waals surface area contributed by atoms with Gasteiger partial charge < -0.3 is 5.11 Å². The van der Waals surface area contributed by atoms with Gasteiger partial charge in [0.2, 0.25) is 0 Å². The minimum atomic E-state index is -3.66. The summed E-state index contributed by atoms with van der Waals surface area (Å²) >= 11 is 0. The van der Waals surface area contributed by atoms with Crippen molar-refractivity contribution in [2.24, 2.45) is 5.92 Å². The molecule has 1 aromatic rings. The summed E-state index contributed by atoms with van der Waals surface area (Å²) in [6.07, 6.45) is 2.92. The predicted octanol–water partition coefficient (Wildman–Crippen LogP) is 1.59. The third kappa shape index (κ3) is 2.69. The molecule has 1 aliphatic rings. The quantitative estimate of drug-likeness (QED) is 0.915. The number of hydrogen-bond acceptors (Lipinski definition) is 4. The molecule has 0 aromatic carbocycles. The molecule has 0 amide bonds. The lowest BCUT2D eigenvalue weighted by Crippen LogP contribution is -2.46. The highest BCUT2D eigenvalue weighted by Gasteiger charge is 2.35. The Morgan fingerprint density at radius 1 is 1.40 bits per heavy atom. The second kappa shape index (κ2) is 5.49. The van der Waals surface area contributed by atoms with Gasteiger partial charge in [0.15, 0.2) is 5.03 Å². The van der Waals surface area contributed by atoms with Gasteiger partial charge in [0, 0.05) is 18.8 Å². The van der Waals surface area contributed by atoms with E-state index >= 15 is 0 Å². The lowest BCUT2D eigenvalue weighted by Gasteiger charge is -2.36. The Bertz CT molecular complexity index is 597. The Morgan fingerprint density at radius 3 is 2.65 bits per heavy atom. The average molecular weight is 298 g/mol. The highest BCUT2D eigenvalue weighted by Crippen LogP contribution is 2.28. The maximum absolute atomic E-state index is 12.5. The molecule has 0 saturated carbocycles. The van der Waals surface area contributed by atoms with Gasteiger partial charge in [-0.25, -0.2) is 18.2 Å². The lowest BCUT2D eigenvalue weighted by molar-refractivity contribution is 0.0696. The second-order valence-electron chi connectivity index (χ2n) is 5.17. The Hall–Kier alpha value is -1.47. The monoisotopic (exact) mass is 298 g/mol. The standard InChI is InChI=1S/C13H18N2O4S/c1-9-4-3-7-15(10(9)2)20(18,19)12-6-5-11(8-14-12)13(16)17/h5-6,8-10H,3-4,7H2,1-2H3,(H,16,17). The molecule has 2 unspecified atom stereocenters. The SMILES string of the molecule is CC1CCCN(S(=O)(=O)c2ccc(C(=O)O)cn2)C1C. The van der Waals surface area contributed by atoms with Crippen LogP contribution in [0.4, 0.5) is 0 Å². The molecule has 1 N–H and O–H groups in total. The van der Waals surface area contributed by atoms with Crippen LogP contribution in [0.15, 0.2) is 23.4 Å². The molecule has 6 nitrogen and oxygen atoms in total. The number of carboxylic acids is 1. The number of nitrogens with zero attached hydrogens (tertiary/aromatic N) is 2. The van der Waals surface area contributed by atoms with Crippen LogP contribution in [0.25, 0.3) is 0 Å². The van der Waals surface area contributed by atoms with Crippen molar-refractivity contribution in [3.8, 4) is 0 Å². The third-order valence-corrected chi connectivity index (χ3v) is 5.77. The van der Waals surface area contributed by atoms with Gasteiger partial charge in [0.25, 0.3) is 10.0 Å². The van der Waals surface area contributed by atoms with E-state index in [1.54, 1.807) is 0 Å². The van der Waals surface area contributed by atoms with Crippen LogP contribution >= 0.6 is 0 Å². The number of sulfonamides is 1. The van der Waals surface area contributed by atoms with Gasteiger partial charge in [-0.15, -0.1) is 0 Å². The molecule has 2 rings (SSSR count). The maximum atomic E-state index is 12.5. The number of hydrogen-bond donors (Lipinski definition) is 1. The smallest absolute Gasteiger partial charge is 0.337 e. The van der Waals surface area contributed by atoms with Gasteiger partial charge in [-0.3, -0.25) is 0 Å². The van der Waals surface area contributed by atoms with Crippen molar-refractivity contribution in [2.75, 3.05) is 6.54 Å². The molecule has 0 aliphatic carbocycles. The summed E-state index contributed by atoms with van der Waals surface area (Å²) in [5.41, 5.74) is -0.0241. The van der Waals surface area contributed by atoms with Crippen molar-refractivity contribution in [1.29, 1.82) is 0 Å². The molecule has 1 aliphatic heterocycles. The molecular weight excluding hydrogens is 280 g/mol. The van der Waals surface area contributed by atoms with Crippen molar-refractivity contribution in [1.82, 2.24) is 9.29 Å². The molecule has 1 aromatic heterocycles. The predicted molar refractivity (Wildman–Crippen MR) is 72.9 cm³/mol. The van der Waals surface area contributed by atoms with E-state index in [2.05, 4.69) is 4.98 Å². The zero-order valence-corrected chi connectivity index (χ0v) is 12.3. The number of carbonyl (C=O) groups is 1. The maximum Gasteiger partial charge on any atom is 0.337 e. The van der Waals surface area contributed by atoms with Crippen molar-refractivity contribution >= 4 is 16.0 Å². The number of piperidine rings is 1. The first-order valence-corrected chi connectivity index (χ1v) is 7.99. The summed E-state index contributed by atoms with van der Waals surface area (Å²) in [5, 5.41) is 8.71. The first-order chi connectivity index (χ1) is 9.34. The van der Waals surface area contributed by atoms with Crippen LogP contribution in [0.3, 0.4) is 0 Å². The van der Waals surface area contributed by atoms with E-state index in [1.165, 1.54) is 16.4 Å². The van der Waals surface area contributed by atoms with Crippen LogP contribution in [0.5, 0.6) is 0 Å². The van der Waals surface area contributed by atoms with E-state index in [0.29, 0.717) is 12.5 Å². The summed E-state index contributed by atoms with van der Waals surface area (Å²) < 4.78 is 26.5. The van der Waals surface area contributed by atoms with E-state index < -0.39 is 16.0 Å². The van der Waals surface area contributed by atoms with E-state index in [9.17, 15) is 13.2 Å². The molecule has 2 heterocycles. The molecule has 1 fully saturated rings. The number of aromatic carboxylic acids is 1. The van der Waals surface area contributed by atoms with Crippen molar-refractivity contribution in [3.63, 3.8) is 0 Å². The van der Waals surface area contributed by atoms with Crippen LogP contribution in [0, 0.1) is 5.92 Å². The molecule has 20 heavy (non-hydrogen) atoms. The van der Waals surface area contributed by atoms with Gasteiger partial charge >= 0.3 is 5.97 Å². The van der Waals surface area contributed by atoms with Gasteiger partial charge in [0.05, 0.1) is 5.56 Å². The van der Waals surface area contributed by atoms with E-state index in [1.807, 2.05) is 13.8 Å². The van der Waals surface area contributed by atoms with Crippen LogP contribution < -0.4 is 0 Å². The van der Waals surface area contributed by atoms with Crippen molar-refractivity contribution in [3.05, 3.63) is 23.9 Å². The van der Waals surface area contributed by atoms with E-state index in [-0.39, 0.29) is 16.6 Å². The highest BCUT2D eigenvalue weighted by molar-refractivity contribution is 7.89. The first-order valence-electron chi connectivity index (χ1n) is 6.55. The number of pyridine rings is 1. The molecular formula is C13H18N2O4S. The van der Waals surface area contributed by atoms with Crippen LogP contribution in [-0.2, 0) is 10.0 Å². The first kappa shape index (κ1) is 14.9.